The second kappa shape index (κ2) is 3.96. The third-order valence-corrected chi connectivity index (χ3v) is 2.79. The first-order valence-corrected chi connectivity index (χ1v) is 5.82. The van der Waals surface area contributed by atoms with Crippen LogP contribution >= 0.6 is 0 Å². The molecule has 16 heavy (non-hydrogen) atoms. The summed E-state index contributed by atoms with van der Waals surface area (Å²) in [4.78, 5) is 13.9. The van der Waals surface area contributed by atoms with E-state index in [1.165, 1.54) is 0 Å². The van der Waals surface area contributed by atoms with Crippen LogP contribution in [-0.4, -0.2) is 28.7 Å². The van der Waals surface area contributed by atoms with E-state index in [1.807, 2.05) is 25.7 Å². The van der Waals surface area contributed by atoms with Gasteiger partial charge in [0.2, 0.25) is 0 Å². The predicted molar refractivity (Wildman–Crippen MR) is 63.2 cm³/mol. The molecule has 0 saturated heterocycles. The van der Waals surface area contributed by atoms with Gasteiger partial charge in [-0.1, -0.05) is 24.3 Å². The largest absolute Gasteiger partial charge is 0.444 e. The number of hydrogen-bond acceptors (Lipinski definition) is 2. The van der Waals surface area contributed by atoms with Crippen LogP contribution in [0.4, 0.5) is 4.79 Å². The molecule has 0 saturated carbocycles. The number of hydrogen-bond donors (Lipinski definition) is 0. The van der Waals surface area contributed by atoms with Crippen molar-refractivity contribution in [3.63, 3.8) is 0 Å². The quantitative estimate of drug-likeness (QED) is 0.589. The highest BCUT2D eigenvalue weighted by molar-refractivity contribution is 5.70. The van der Waals surface area contributed by atoms with Crippen LogP contribution in [-0.2, 0) is 4.74 Å². The molecule has 0 radical (unpaired) electrons. The van der Waals surface area contributed by atoms with Crippen molar-refractivity contribution in [2.24, 2.45) is 0 Å². The summed E-state index contributed by atoms with van der Waals surface area (Å²) in [6.45, 7) is 5.70. The number of amides is 1. The Hall–Kier alpha value is -1.25. The molecule has 0 fully saturated rings. The van der Waals surface area contributed by atoms with E-state index in [4.69, 9.17) is 4.74 Å². The van der Waals surface area contributed by atoms with E-state index >= 15 is 0 Å². The lowest BCUT2D eigenvalue weighted by Gasteiger charge is -2.40. The standard InChI is InChI=1S/C13H19NO2/c1-13(2,3)16-12(15)14-10-6-4-7-11(14)9-5-8-10/h4-6,9-11H,7-8H2,1-3H3/t10-,11+/m0/s1. The Balaban J connectivity index is 2.12. The van der Waals surface area contributed by atoms with E-state index in [0.717, 1.165) is 12.8 Å². The molecule has 0 N–H and O–H groups in total. The molecule has 0 unspecified atom stereocenters. The molecule has 0 spiro atoms. The highest BCUT2D eigenvalue weighted by Gasteiger charge is 2.34. The van der Waals surface area contributed by atoms with Gasteiger partial charge in [-0.3, -0.25) is 4.90 Å². The normalized spacial score (nSPS) is 28.1. The molecule has 2 atom stereocenters. The highest BCUT2D eigenvalue weighted by atomic mass is 16.6. The van der Waals surface area contributed by atoms with Crippen LogP contribution in [0.15, 0.2) is 24.3 Å². The Morgan fingerprint density at radius 1 is 1.19 bits per heavy atom. The number of rotatable bonds is 0. The first-order valence-electron chi connectivity index (χ1n) is 5.82. The number of ether oxygens (including phenoxy) is 1. The lowest BCUT2D eigenvalue weighted by Crippen LogP contribution is -2.50. The topological polar surface area (TPSA) is 29.5 Å². The molecule has 88 valence electrons. The van der Waals surface area contributed by atoms with Crippen LogP contribution < -0.4 is 0 Å². The minimum Gasteiger partial charge on any atom is -0.444 e. The number of nitrogens with zero attached hydrogens (tertiary/aromatic N) is 1. The molecule has 3 heteroatoms. The van der Waals surface area contributed by atoms with Gasteiger partial charge in [0, 0.05) is 0 Å². The van der Waals surface area contributed by atoms with Gasteiger partial charge < -0.3 is 4.74 Å². The fraction of sp³-hybridized carbons (Fsp3) is 0.615. The molecule has 2 aliphatic rings. The van der Waals surface area contributed by atoms with E-state index < -0.39 is 5.60 Å². The zero-order valence-electron chi connectivity index (χ0n) is 10.1. The van der Waals surface area contributed by atoms with Crippen LogP contribution in [0.25, 0.3) is 0 Å². The molecule has 2 heterocycles. The minimum atomic E-state index is -0.420. The second-order valence-corrected chi connectivity index (χ2v) is 5.35. The zero-order valence-corrected chi connectivity index (χ0v) is 10.1. The number of fused-ring (bicyclic) bond motifs is 2. The molecule has 0 aromatic rings. The smallest absolute Gasteiger partial charge is 0.411 e. The summed E-state index contributed by atoms with van der Waals surface area (Å²) in [5.74, 6) is 0. The monoisotopic (exact) mass is 221 g/mol. The Bertz CT molecular complexity index is 318. The van der Waals surface area contributed by atoms with E-state index in [9.17, 15) is 4.79 Å². The van der Waals surface area contributed by atoms with Gasteiger partial charge in [0.15, 0.2) is 0 Å². The van der Waals surface area contributed by atoms with Gasteiger partial charge in [-0.2, -0.15) is 0 Å². The van der Waals surface area contributed by atoms with Gasteiger partial charge in [-0.25, -0.2) is 4.79 Å². The molecule has 0 aromatic carbocycles. The van der Waals surface area contributed by atoms with Crippen molar-refractivity contribution < 1.29 is 9.53 Å². The van der Waals surface area contributed by atoms with E-state index in [2.05, 4.69) is 24.3 Å². The van der Waals surface area contributed by atoms with Gasteiger partial charge in [0.1, 0.15) is 5.60 Å². The summed E-state index contributed by atoms with van der Waals surface area (Å²) >= 11 is 0. The van der Waals surface area contributed by atoms with Crippen LogP contribution in [0.1, 0.15) is 33.6 Å². The summed E-state index contributed by atoms with van der Waals surface area (Å²) in [5, 5.41) is 0. The second-order valence-electron chi connectivity index (χ2n) is 5.35. The highest BCUT2D eigenvalue weighted by Crippen LogP contribution is 2.27. The SMILES string of the molecule is CC(C)(C)OC(=O)N1[C@H]2C=CC[C@@H]1C=CC2. The van der Waals surface area contributed by atoms with Crippen molar-refractivity contribution in [3.8, 4) is 0 Å². The maximum absolute atomic E-state index is 12.1. The molecular formula is C13H19NO2. The summed E-state index contributed by atoms with van der Waals surface area (Å²) in [7, 11) is 0. The summed E-state index contributed by atoms with van der Waals surface area (Å²) in [6.07, 6.45) is 10.1. The summed E-state index contributed by atoms with van der Waals surface area (Å²) in [5.41, 5.74) is -0.420. The summed E-state index contributed by atoms with van der Waals surface area (Å²) in [6, 6.07) is 0.359. The average molecular weight is 221 g/mol. The Morgan fingerprint density at radius 3 is 2.12 bits per heavy atom. The van der Waals surface area contributed by atoms with Crippen LogP contribution in [0.5, 0.6) is 0 Å². The van der Waals surface area contributed by atoms with Gasteiger partial charge in [-0.05, 0) is 33.6 Å². The minimum absolute atomic E-state index is 0.179. The Labute approximate surface area is 96.8 Å². The molecule has 3 nitrogen and oxygen atoms in total. The van der Waals surface area contributed by atoms with Crippen molar-refractivity contribution in [1.82, 2.24) is 4.90 Å². The number of carbonyl (C=O) groups excluding carboxylic acids is 1. The molecule has 2 rings (SSSR count). The van der Waals surface area contributed by atoms with Crippen LogP contribution in [0.3, 0.4) is 0 Å². The average Bonchev–Trinajstić information content (AvgIpc) is 2.13. The first-order chi connectivity index (χ1) is 7.47. The first kappa shape index (κ1) is 11.2. The van der Waals surface area contributed by atoms with Crippen molar-refractivity contribution >= 4 is 6.09 Å². The third kappa shape index (κ3) is 2.29. The molecule has 2 bridgehead atoms. The maximum atomic E-state index is 12.1. The van der Waals surface area contributed by atoms with E-state index in [-0.39, 0.29) is 18.2 Å². The van der Waals surface area contributed by atoms with Crippen molar-refractivity contribution in [1.29, 1.82) is 0 Å². The number of carbonyl (C=O) groups is 1. The van der Waals surface area contributed by atoms with Gasteiger partial charge in [-0.15, -0.1) is 0 Å². The molecule has 2 aliphatic heterocycles. The molecule has 0 aliphatic carbocycles. The van der Waals surface area contributed by atoms with Crippen molar-refractivity contribution in [2.45, 2.75) is 51.3 Å². The van der Waals surface area contributed by atoms with Gasteiger partial charge in [0.25, 0.3) is 0 Å². The molecule has 0 aromatic heterocycles. The van der Waals surface area contributed by atoms with E-state index in [1.54, 1.807) is 0 Å². The third-order valence-electron chi connectivity index (χ3n) is 2.79. The lowest BCUT2D eigenvalue weighted by molar-refractivity contribution is 0.0117. The van der Waals surface area contributed by atoms with Crippen LogP contribution in [0, 0.1) is 0 Å². The zero-order chi connectivity index (χ0) is 11.8. The van der Waals surface area contributed by atoms with E-state index in [0.29, 0.717) is 0 Å². The lowest BCUT2D eigenvalue weighted by atomic mass is 9.95. The fourth-order valence-electron chi connectivity index (χ4n) is 2.15. The Morgan fingerprint density at radius 2 is 1.69 bits per heavy atom. The molecule has 1 amide bonds. The molecular weight excluding hydrogens is 202 g/mol. The van der Waals surface area contributed by atoms with Crippen molar-refractivity contribution in [2.75, 3.05) is 0 Å². The summed E-state index contributed by atoms with van der Waals surface area (Å²) < 4.78 is 5.43. The fourth-order valence-corrected chi connectivity index (χ4v) is 2.15. The van der Waals surface area contributed by atoms with Gasteiger partial charge in [0.05, 0.1) is 12.1 Å². The van der Waals surface area contributed by atoms with Gasteiger partial charge >= 0.3 is 6.09 Å². The maximum Gasteiger partial charge on any atom is 0.411 e. The predicted octanol–water partition coefficient (Wildman–Crippen LogP) is 2.88. The Kier molecular flexibility index (Phi) is 2.78. The van der Waals surface area contributed by atoms with Crippen molar-refractivity contribution in [3.05, 3.63) is 24.3 Å². The van der Waals surface area contributed by atoms with Crippen LogP contribution in [0.2, 0.25) is 0 Å².